The molecule has 2 rings (SSSR count). The Labute approximate surface area is 80.2 Å². The monoisotopic (exact) mass is 175 g/mol. The molecule has 1 aliphatic rings. The molecule has 1 aliphatic heterocycles. The molecule has 13 heavy (non-hydrogen) atoms. The summed E-state index contributed by atoms with van der Waals surface area (Å²) < 4.78 is 0. The average Bonchev–Trinajstić information content (AvgIpc) is 2.21. The highest BCUT2D eigenvalue weighted by Crippen LogP contribution is 2.28. The van der Waals surface area contributed by atoms with Gasteiger partial charge < -0.3 is 5.32 Å². The number of anilines is 1. The van der Waals surface area contributed by atoms with Crippen LogP contribution >= 0.6 is 0 Å². The van der Waals surface area contributed by atoms with Crippen LogP contribution in [0.5, 0.6) is 0 Å². The van der Waals surface area contributed by atoms with Crippen molar-refractivity contribution < 1.29 is 0 Å². The van der Waals surface area contributed by atoms with Crippen molar-refractivity contribution in [3.63, 3.8) is 0 Å². The van der Waals surface area contributed by atoms with Crippen molar-refractivity contribution in [3.8, 4) is 0 Å². The van der Waals surface area contributed by atoms with Crippen LogP contribution in [0.4, 0.5) is 5.69 Å². The van der Waals surface area contributed by atoms with Crippen molar-refractivity contribution in [2.24, 2.45) is 0 Å². The highest BCUT2D eigenvalue weighted by molar-refractivity contribution is 5.53. The summed E-state index contributed by atoms with van der Waals surface area (Å²) in [7, 11) is 0. The molecule has 70 valence electrons. The van der Waals surface area contributed by atoms with Crippen molar-refractivity contribution in [1.82, 2.24) is 0 Å². The van der Waals surface area contributed by atoms with E-state index in [9.17, 15) is 0 Å². The van der Waals surface area contributed by atoms with E-state index < -0.39 is 0 Å². The van der Waals surface area contributed by atoms with Gasteiger partial charge in [-0.25, -0.2) is 0 Å². The van der Waals surface area contributed by atoms with E-state index in [0.717, 1.165) is 0 Å². The Balaban J connectivity index is 2.34. The largest absolute Gasteiger partial charge is 0.380 e. The fourth-order valence-electron chi connectivity index (χ4n) is 2.01. The van der Waals surface area contributed by atoms with Crippen LogP contribution in [0.1, 0.15) is 32.3 Å². The molecule has 0 radical (unpaired) electrons. The van der Waals surface area contributed by atoms with E-state index in [2.05, 4.69) is 43.4 Å². The molecular formula is C12H17N. The second-order valence-electron chi connectivity index (χ2n) is 4.52. The molecule has 0 aliphatic carbocycles. The number of aryl methyl sites for hydroxylation is 1. The third-order valence-electron chi connectivity index (χ3n) is 2.74. The predicted molar refractivity (Wildman–Crippen MR) is 57.1 cm³/mol. The predicted octanol–water partition coefficient (Wildman–Crippen LogP) is 3.21. The maximum atomic E-state index is 3.60. The van der Waals surface area contributed by atoms with Crippen molar-refractivity contribution >= 4 is 5.69 Å². The molecule has 1 aromatic carbocycles. The molecule has 0 fully saturated rings. The molecule has 0 saturated heterocycles. The van der Waals surface area contributed by atoms with Crippen molar-refractivity contribution in [3.05, 3.63) is 29.8 Å². The summed E-state index contributed by atoms with van der Waals surface area (Å²) in [6, 6.07) is 8.64. The molecular weight excluding hydrogens is 158 g/mol. The maximum Gasteiger partial charge on any atom is 0.0376 e. The fraction of sp³-hybridized carbons (Fsp3) is 0.500. The van der Waals surface area contributed by atoms with E-state index in [-0.39, 0.29) is 5.54 Å². The summed E-state index contributed by atoms with van der Waals surface area (Å²) >= 11 is 0. The minimum absolute atomic E-state index is 0.257. The quantitative estimate of drug-likeness (QED) is 0.638. The standard InChI is InChI=1S/C12H17N/c1-12(2)9-5-7-10-6-3-4-8-11(10)13-12/h3-4,6,8,13H,5,7,9H2,1-2H3. The molecule has 1 N–H and O–H groups in total. The second kappa shape index (κ2) is 3.06. The average molecular weight is 175 g/mol. The zero-order valence-corrected chi connectivity index (χ0v) is 8.43. The van der Waals surface area contributed by atoms with Gasteiger partial charge in [0.1, 0.15) is 0 Å². The molecule has 1 nitrogen and oxygen atoms in total. The molecule has 0 amide bonds. The van der Waals surface area contributed by atoms with Crippen LogP contribution in [-0.4, -0.2) is 5.54 Å². The molecule has 1 aromatic rings. The molecule has 0 unspecified atom stereocenters. The van der Waals surface area contributed by atoms with E-state index in [1.165, 1.54) is 30.5 Å². The summed E-state index contributed by atoms with van der Waals surface area (Å²) in [6.07, 6.45) is 3.76. The lowest BCUT2D eigenvalue weighted by Crippen LogP contribution is -2.29. The number of nitrogens with one attached hydrogen (secondary N) is 1. The van der Waals surface area contributed by atoms with E-state index in [1.54, 1.807) is 0 Å². The second-order valence-corrected chi connectivity index (χ2v) is 4.52. The lowest BCUT2D eigenvalue weighted by molar-refractivity contribution is 0.508. The first-order valence-corrected chi connectivity index (χ1v) is 5.03. The summed E-state index contributed by atoms with van der Waals surface area (Å²) in [6.45, 7) is 4.55. The molecule has 0 atom stereocenters. The Morgan fingerprint density at radius 2 is 2.00 bits per heavy atom. The number of hydrogen-bond donors (Lipinski definition) is 1. The minimum atomic E-state index is 0.257. The van der Waals surface area contributed by atoms with E-state index >= 15 is 0 Å². The molecule has 0 aromatic heterocycles. The Bertz CT molecular complexity index is 302. The highest BCUT2D eigenvalue weighted by atomic mass is 15.0. The SMILES string of the molecule is CC1(C)CCCc2ccccc2N1. The van der Waals surface area contributed by atoms with Crippen molar-refractivity contribution in [1.29, 1.82) is 0 Å². The van der Waals surface area contributed by atoms with Gasteiger partial charge in [0.2, 0.25) is 0 Å². The van der Waals surface area contributed by atoms with Crippen LogP contribution in [0, 0.1) is 0 Å². The minimum Gasteiger partial charge on any atom is -0.380 e. The van der Waals surface area contributed by atoms with Crippen molar-refractivity contribution in [2.75, 3.05) is 5.32 Å². The smallest absolute Gasteiger partial charge is 0.0376 e. The summed E-state index contributed by atoms with van der Waals surface area (Å²) in [5, 5.41) is 3.60. The molecule has 0 saturated carbocycles. The topological polar surface area (TPSA) is 12.0 Å². The normalized spacial score (nSPS) is 19.8. The van der Waals surface area contributed by atoms with E-state index in [4.69, 9.17) is 0 Å². The molecule has 1 heteroatoms. The zero-order valence-electron chi connectivity index (χ0n) is 8.43. The third-order valence-corrected chi connectivity index (χ3v) is 2.74. The van der Waals surface area contributed by atoms with Gasteiger partial charge in [0.25, 0.3) is 0 Å². The van der Waals surface area contributed by atoms with Gasteiger partial charge in [-0.2, -0.15) is 0 Å². The third kappa shape index (κ3) is 1.85. The Kier molecular flexibility index (Phi) is 2.03. The van der Waals surface area contributed by atoms with Crippen LogP contribution in [0.15, 0.2) is 24.3 Å². The first kappa shape index (κ1) is 8.61. The molecule has 1 heterocycles. The van der Waals surface area contributed by atoms with Crippen molar-refractivity contribution in [2.45, 2.75) is 38.6 Å². The van der Waals surface area contributed by atoms with Crippen LogP contribution in [0.2, 0.25) is 0 Å². The van der Waals surface area contributed by atoms with E-state index in [1.807, 2.05) is 0 Å². The van der Waals surface area contributed by atoms with Gasteiger partial charge in [-0.3, -0.25) is 0 Å². The number of benzene rings is 1. The number of rotatable bonds is 0. The summed E-state index contributed by atoms with van der Waals surface area (Å²) in [5.74, 6) is 0. The fourth-order valence-corrected chi connectivity index (χ4v) is 2.01. The van der Waals surface area contributed by atoms with Gasteiger partial charge in [0.15, 0.2) is 0 Å². The van der Waals surface area contributed by atoms with Gasteiger partial charge in [-0.05, 0) is 44.7 Å². The summed E-state index contributed by atoms with van der Waals surface area (Å²) in [4.78, 5) is 0. The molecule has 0 bridgehead atoms. The number of para-hydroxylation sites is 1. The van der Waals surface area contributed by atoms with Crippen LogP contribution in [-0.2, 0) is 6.42 Å². The Morgan fingerprint density at radius 3 is 2.85 bits per heavy atom. The van der Waals surface area contributed by atoms with Gasteiger partial charge in [0, 0.05) is 11.2 Å². The first-order chi connectivity index (χ1) is 6.17. The Hall–Kier alpha value is -0.980. The van der Waals surface area contributed by atoms with Crippen LogP contribution in [0.3, 0.4) is 0 Å². The maximum absolute atomic E-state index is 3.60. The highest BCUT2D eigenvalue weighted by Gasteiger charge is 2.21. The Morgan fingerprint density at radius 1 is 1.23 bits per heavy atom. The van der Waals surface area contributed by atoms with Gasteiger partial charge in [-0.1, -0.05) is 18.2 Å². The lowest BCUT2D eigenvalue weighted by atomic mass is 9.99. The van der Waals surface area contributed by atoms with Gasteiger partial charge in [-0.15, -0.1) is 0 Å². The first-order valence-electron chi connectivity index (χ1n) is 5.03. The number of fused-ring (bicyclic) bond motifs is 1. The lowest BCUT2D eigenvalue weighted by Gasteiger charge is -2.25. The molecule has 0 spiro atoms. The van der Waals surface area contributed by atoms with E-state index in [0.29, 0.717) is 0 Å². The van der Waals surface area contributed by atoms with Crippen LogP contribution in [0.25, 0.3) is 0 Å². The zero-order chi connectivity index (χ0) is 9.31. The summed E-state index contributed by atoms with van der Waals surface area (Å²) in [5.41, 5.74) is 3.05. The van der Waals surface area contributed by atoms with Gasteiger partial charge in [0.05, 0.1) is 0 Å². The van der Waals surface area contributed by atoms with Crippen LogP contribution < -0.4 is 5.32 Å². The van der Waals surface area contributed by atoms with Gasteiger partial charge >= 0.3 is 0 Å². The number of hydrogen-bond acceptors (Lipinski definition) is 1.